The van der Waals surface area contributed by atoms with Crippen molar-refractivity contribution >= 4 is 17.6 Å². The number of halogens is 3. The number of aromatic carboxylic acids is 1. The predicted molar refractivity (Wildman–Crippen MR) is 127 cm³/mol. The van der Waals surface area contributed by atoms with E-state index < -0.39 is 18.4 Å². The van der Waals surface area contributed by atoms with Gasteiger partial charge in [-0.1, -0.05) is 36.4 Å². The standard InChI is InChI=1S/C27H23F3N2O5/c28-27(29,30)37-20-11-7-18(8-12-20)15-32-22-3-1-2-4-24(22)36-21-13-23(25(32)33)31(16-21)14-17-5-9-19(10-6-17)26(34)35/h1-12,21,23H,13-16H2,(H,34,35)/t21-,23-/m0/s1. The molecule has 0 saturated carbocycles. The highest BCUT2D eigenvalue weighted by Gasteiger charge is 2.42. The van der Waals surface area contributed by atoms with Crippen LogP contribution in [0.5, 0.6) is 11.5 Å². The van der Waals surface area contributed by atoms with E-state index in [1.807, 2.05) is 11.0 Å². The van der Waals surface area contributed by atoms with Crippen molar-refractivity contribution in [3.05, 3.63) is 89.5 Å². The number of likely N-dealkylation sites (tertiary alicyclic amines) is 1. The van der Waals surface area contributed by atoms with Crippen molar-refractivity contribution < 1.29 is 37.3 Å². The number of para-hydroxylation sites is 2. The number of carbonyl (C=O) groups is 2. The van der Waals surface area contributed by atoms with E-state index >= 15 is 0 Å². The first-order valence-corrected chi connectivity index (χ1v) is 11.6. The second kappa shape index (κ2) is 9.78. The second-order valence-corrected chi connectivity index (χ2v) is 9.01. The average molecular weight is 512 g/mol. The molecule has 0 aromatic heterocycles. The fourth-order valence-electron chi connectivity index (χ4n) is 4.77. The van der Waals surface area contributed by atoms with Crippen molar-refractivity contribution in [3.8, 4) is 11.5 Å². The van der Waals surface area contributed by atoms with E-state index in [1.54, 1.807) is 35.2 Å². The normalized spacial score (nSPS) is 19.5. The molecule has 3 aromatic rings. The minimum absolute atomic E-state index is 0.133. The SMILES string of the molecule is O=C(O)c1ccc(CN2C[C@@H]3C[C@H]2C(=O)N(Cc2ccc(OC(F)(F)F)cc2)c2ccccc2O3)cc1. The van der Waals surface area contributed by atoms with Gasteiger partial charge < -0.3 is 19.5 Å². The van der Waals surface area contributed by atoms with Gasteiger partial charge >= 0.3 is 12.3 Å². The third kappa shape index (κ3) is 5.54. The Balaban J connectivity index is 1.40. The number of carboxylic acids is 1. The third-order valence-electron chi connectivity index (χ3n) is 6.45. The molecule has 2 bridgehead atoms. The van der Waals surface area contributed by atoms with Crippen LogP contribution in [0.25, 0.3) is 0 Å². The summed E-state index contributed by atoms with van der Waals surface area (Å²) in [6, 6.07) is 18.7. The number of carbonyl (C=O) groups excluding carboxylic acids is 1. The fourth-order valence-corrected chi connectivity index (χ4v) is 4.77. The van der Waals surface area contributed by atoms with Gasteiger partial charge in [0, 0.05) is 19.5 Å². The summed E-state index contributed by atoms with van der Waals surface area (Å²) in [6.45, 7) is 1.08. The zero-order valence-corrected chi connectivity index (χ0v) is 19.5. The van der Waals surface area contributed by atoms with E-state index in [4.69, 9.17) is 9.84 Å². The molecule has 192 valence electrons. The van der Waals surface area contributed by atoms with Gasteiger partial charge in [-0.25, -0.2) is 4.79 Å². The van der Waals surface area contributed by atoms with Crippen molar-refractivity contribution in [2.75, 3.05) is 11.4 Å². The molecule has 1 amide bonds. The molecular weight excluding hydrogens is 489 g/mol. The molecule has 5 rings (SSSR count). The Bertz CT molecular complexity index is 1290. The summed E-state index contributed by atoms with van der Waals surface area (Å²) in [5, 5.41) is 9.15. The van der Waals surface area contributed by atoms with Gasteiger partial charge in [0.15, 0.2) is 0 Å². The molecule has 2 heterocycles. The van der Waals surface area contributed by atoms with Gasteiger partial charge in [0.25, 0.3) is 0 Å². The van der Waals surface area contributed by atoms with Crippen molar-refractivity contribution in [2.24, 2.45) is 0 Å². The number of anilines is 1. The number of ether oxygens (including phenoxy) is 2. The minimum Gasteiger partial charge on any atom is -0.487 e. The lowest BCUT2D eigenvalue weighted by molar-refractivity contribution is -0.274. The maximum absolute atomic E-state index is 13.9. The molecule has 1 saturated heterocycles. The lowest BCUT2D eigenvalue weighted by Crippen LogP contribution is -2.45. The van der Waals surface area contributed by atoms with Crippen LogP contribution in [0.4, 0.5) is 18.9 Å². The van der Waals surface area contributed by atoms with E-state index in [-0.39, 0.29) is 29.9 Å². The van der Waals surface area contributed by atoms with E-state index in [0.717, 1.165) is 5.56 Å². The molecule has 0 unspecified atom stereocenters. The molecule has 7 nitrogen and oxygen atoms in total. The molecule has 0 spiro atoms. The Labute approximate surface area is 210 Å². The Hall–Kier alpha value is -4.05. The number of hydrogen-bond acceptors (Lipinski definition) is 5. The lowest BCUT2D eigenvalue weighted by Gasteiger charge is -2.32. The Morgan fingerprint density at radius 2 is 1.62 bits per heavy atom. The molecule has 37 heavy (non-hydrogen) atoms. The monoisotopic (exact) mass is 512 g/mol. The number of nitrogens with zero attached hydrogens (tertiary/aromatic N) is 2. The van der Waals surface area contributed by atoms with Crippen LogP contribution in [0.15, 0.2) is 72.8 Å². The quantitative estimate of drug-likeness (QED) is 0.509. The van der Waals surface area contributed by atoms with Crippen LogP contribution in [0.2, 0.25) is 0 Å². The summed E-state index contributed by atoms with van der Waals surface area (Å²) < 4.78 is 47.8. The van der Waals surface area contributed by atoms with Gasteiger partial charge in [-0.2, -0.15) is 0 Å². The topological polar surface area (TPSA) is 79.3 Å². The number of benzene rings is 3. The van der Waals surface area contributed by atoms with Gasteiger partial charge in [0.1, 0.15) is 17.6 Å². The first kappa shape index (κ1) is 24.6. The number of alkyl halides is 3. The number of carboxylic acid groups (broad SMARTS) is 1. The highest BCUT2D eigenvalue weighted by Crippen LogP contribution is 2.37. The number of amides is 1. The molecule has 2 aliphatic heterocycles. The first-order chi connectivity index (χ1) is 17.7. The molecule has 0 radical (unpaired) electrons. The van der Waals surface area contributed by atoms with Gasteiger partial charge in [-0.3, -0.25) is 9.69 Å². The van der Waals surface area contributed by atoms with E-state index in [0.29, 0.717) is 36.5 Å². The zero-order chi connectivity index (χ0) is 26.2. The summed E-state index contributed by atoms with van der Waals surface area (Å²) >= 11 is 0. The van der Waals surface area contributed by atoms with Gasteiger partial charge in [-0.15, -0.1) is 13.2 Å². The van der Waals surface area contributed by atoms with Crippen molar-refractivity contribution in [2.45, 2.75) is 38.0 Å². The smallest absolute Gasteiger partial charge is 0.487 e. The van der Waals surface area contributed by atoms with Crippen molar-refractivity contribution in [1.29, 1.82) is 0 Å². The Morgan fingerprint density at radius 1 is 0.973 bits per heavy atom. The van der Waals surface area contributed by atoms with Gasteiger partial charge in [0.05, 0.1) is 23.8 Å². The summed E-state index contributed by atoms with van der Waals surface area (Å²) in [7, 11) is 0. The van der Waals surface area contributed by atoms with Gasteiger partial charge in [-0.05, 0) is 47.5 Å². The van der Waals surface area contributed by atoms with Crippen LogP contribution in [0.1, 0.15) is 27.9 Å². The number of rotatable bonds is 6. The first-order valence-electron chi connectivity index (χ1n) is 11.6. The highest BCUT2D eigenvalue weighted by atomic mass is 19.4. The van der Waals surface area contributed by atoms with E-state index in [2.05, 4.69) is 4.74 Å². The maximum atomic E-state index is 13.9. The molecule has 1 fully saturated rings. The summed E-state index contributed by atoms with van der Waals surface area (Å²) in [4.78, 5) is 28.7. The van der Waals surface area contributed by atoms with Crippen LogP contribution in [-0.4, -0.2) is 46.9 Å². The second-order valence-electron chi connectivity index (χ2n) is 9.01. The van der Waals surface area contributed by atoms with Crippen molar-refractivity contribution in [3.63, 3.8) is 0 Å². The van der Waals surface area contributed by atoms with Crippen LogP contribution < -0.4 is 14.4 Å². The molecule has 3 aromatic carbocycles. The van der Waals surface area contributed by atoms with Crippen LogP contribution in [0, 0.1) is 0 Å². The predicted octanol–water partition coefficient (Wildman–Crippen LogP) is 4.85. The van der Waals surface area contributed by atoms with Crippen LogP contribution in [0.3, 0.4) is 0 Å². The van der Waals surface area contributed by atoms with Crippen LogP contribution >= 0.6 is 0 Å². The lowest BCUT2D eigenvalue weighted by atomic mass is 10.1. The van der Waals surface area contributed by atoms with Gasteiger partial charge in [0.2, 0.25) is 5.91 Å². The Morgan fingerprint density at radius 3 is 2.30 bits per heavy atom. The molecule has 0 aliphatic carbocycles. The van der Waals surface area contributed by atoms with Crippen LogP contribution in [-0.2, 0) is 17.9 Å². The zero-order valence-electron chi connectivity index (χ0n) is 19.5. The molecule has 2 aliphatic rings. The molecular formula is C27H23F3N2O5. The van der Waals surface area contributed by atoms with Crippen molar-refractivity contribution in [1.82, 2.24) is 4.90 Å². The molecule has 2 atom stereocenters. The third-order valence-corrected chi connectivity index (χ3v) is 6.45. The highest BCUT2D eigenvalue weighted by molar-refractivity contribution is 5.99. The molecule has 10 heteroatoms. The number of hydrogen-bond donors (Lipinski definition) is 1. The fraction of sp³-hybridized carbons (Fsp3) is 0.259. The summed E-state index contributed by atoms with van der Waals surface area (Å²) in [5.74, 6) is -0.927. The number of fused-ring (bicyclic) bond motifs is 3. The molecule has 1 N–H and O–H groups in total. The average Bonchev–Trinajstić information content (AvgIpc) is 3.25. The maximum Gasteiger partial charge on any atom is 0.573 e. The van der Waals surface area contributed by atoms with E-state index in [9.17, 15) is 22.8 Å². The Kier molecular flexibility index (Phi) is 6.51. The summed E-state index contributed by atoms with van der Waals surface area (Å²) in [5.41, 5.74) is 2.27. The minimum atomic E-state index is -4.78. The van der Waals surface area contributed by atoms with E-state index in [1.165, 1.54) is 36.4 Å². The largest absolute Gasteiger partial charge is 0.573 e. The summed E-state index contributed by atoms with van der Waals surface area (Å²) in [6.07, 6.45) is -4.50.